The predicted octanol–water partition coefficient (Wildman–Crippen LogP) is 1.24. The third-order valence-electron chi connectivity index (χ3n) is 10.3. The first kappa shape index (κ1) is 27.4. The molecule has 2 atom stereocenters. The lowest BCUT2D eigenvalue weighted by molar-refractivity contribution is 0.0231. The average Bonchev–Trinajstić information content (AvgIpc) is 3.69. The van der Waals surface area contributed by atoms with Gasteiger partial charge in [0.05, 0.1) is 44.6 Å². The van der Waals surface area contributed by atoms with E-state index in [1.54, 1.807) is 11.3 Å². The van der Waals surface area contributed by atoms with Gasteiger partial charge in [0.15, 0.2) is 11.6 Å². The molecule has 0 amide bonds. The number of hydrogen-bond acceptors (Lipinski definition) is 13. The number of morpholine rings is 1. The largest absolute Gasteiger partial charge is 0.463 e. The van der Waals surface area contributed by atoms with Crippen molar-refractivity contribution in [1.29, 1.82) is 10.5 Å². The number of ether oxygens (including phenoxy) is 3. The zero-order chi connectivity index (χ0) is 29.2. The van der Waals surface area contributed by atoms with Crippen LogP contribution >= 0.6 is 11.3 Å². The second-order valence-electron chi connectivity index (χ2n) is 13.2. The number of fused-ring (bicyclic) bond motifs is 6. The van der Waals surface area contributed by atoms with Gasteiger partial charge in [0.25, 0.3) is 0 Å². The molecule has 0 aromatic carbocycles. The van der Waals surface area contributed by atoms with Crippen LogP contribution in [0.3, 0.4) is 0 Å². The van der Waals surface area contributed by atoms with Crippen molar-refractivity contribution in [3.8, 4) is 18.1 Å². The van der Waals surface area contributed by atoms with Crippen LogP contribution in [0, 0.1) is 28.1 Å². The highest BCUT2D eigenvalue weighted by Crippen LogP contribution is 2.53. The van der Waals surface area contributed by atoms with E-state index < -0.39 is 0 Å². The third-order valence-corrected chi connectivity index (χ3v) is 11.3. The molecule has 7 heterocycles. The summed E-state index contributed by atoms with van der Waals surface area (Å²) >= 11 is 1.55. The lowest BCUT2D eigenvalue weighted by Gasteiger charge is -2.50. The van der Waals surface area contributed by atoms with Crippen molar-refractivity contribution in [3.63, 3.8) is 0 Å². The van der Waals surface area contributed by atoms with Crippen molar-refractivity contribution in [2.45, 2.75) is 43.2 Å². The molecule has 5 aliphatic heterocycles. The Labute approximate surface area is 255 Å². The summed E-state index contributed by atoms with van der Waals surface area (Å²) in [5, 5.41) is 24.6. The van der Waals surface area contributed by atoms with Crippen LogP contribution in [-0.2, 0) is 21.3 Å². The summed E-state index contributed by atoms with van der Waals surface area (Å²) in [7, 11) is 0. The molecule has 1 spiro atoms. The Hall–Kier alpha value is -3.20. The minimum Gasteiger partial charge on any atom is -0.463 e. The smallest absolute Gasteiger partial charge is 0.320 e. The first-order chi connectivity index (χ1) is 21.0. The molecule has 12 nitrogen and oxygen atoms in total. The Morgan fingerprint density at radius 2 is 1.84 bits per heavy atom. The van der Waals surface area contributed by atoms with E-state index in [0.29, 0.717) is 73.2 Å². The molecule has 9 rings (SSSR count). The van der Waals surface area contributed by atoms with Gasteiger partial charge in [-0.3, -0.25) is 4.90 Å². The van der Waals surface area contributed by atoms with Gasteiger partial charge >= 0.3 is 6.01 Å². The van der Waals surface area contributed by atoms with Crippen LogP contribution in [0.4, 0.5) is 16.6 Å². The third kappa shape index (κ3) is 4.69. The second kappa shape index (κ2) is 10.5. The molecular weight excluding hydrogens is 566 g/mol. The van der Waals surface area contributed by atoms with Gasteiger partial charge in [0, 0.05) is 67.6 Å². The Morgan fingerprint density at radius 1 is 1.05 bits per heavy atom. The van der Waals surface area contributed by atoms with Crippen molar-refractivity contribution in [3.05, 3.63) is 21.6 Å². The molecular formula is C30H37N9O3S. The van der Waals surface area contributed by atoms with E-state index in [4.69, 9.17) is 29.9 Å². The average molecular weight is 604 g/mol. The van der Waals surface area contributed by atoms with E-state index in [9.17, 15) is 10.5 Å². The Kier molecular flexibility index (Phi) is 6.65. The maximum absolute atomic E-state index is 10.5. The van der Waals surface area contributed by atoms with Crippen LogP contribution in [0.15, 0.2) is 0 Å². The van der Waals surface area contributed by atoms with Gasteiger partial charge in [0.1, 0.15) is 22.7 Å². The van der Waals surface area contributed by atoms with E-state index in [0.717, 1.165) is 70.6 Å². The van der Waals surface area contributed by atoms with Gasteiger partial charge in [-0.05, 0) is 31.2 Å². The van der Waals surface area contributed by atoms with Crippen molar-refractivity contribution in [2.24, 2.45) is 5.41 Å². The lowest BCUT2D eigenvalue weighted by Crippen LogP contribution is -2.59. The number of aromatic nitrogens is 2. The maximum Gasteiger partial charge on any atom is 0.320 e. The normalized spacial score (nSPS) is 26.8. The second-order valence-corrected chi connectivity index (χ2v) is 14.3. The maximum atomic E-state index is 10.5. The van der Waals surface area contributed by atoms with Crippen molar-refractivity contribution >= 4 is 28.0 Å². The fourth-order valence-electron chi connectivity index (χ4n) is 7.70. The molecule has 5 saturated heterocycles. The number of hydrogen-bond donors (Lipinski definition) is 2. The minimum atomic E-state index is -0.136. The number of anilines is 3. The van der Waals surface area contributed by atoms with Gasteiger partial charge in [-0.2, -0.15) is 20.5 Å². The van der Waals surface area contributed by atoms with Crippen LogP contribution in [0.2, 0.25) is 0 Å². The van der Waals surface area contributed by atoms with Crippen LogP contribution in [-0.4, -0.2) is 106 Å². The monoisotopic (exact) mass is 603 g/mol. The molecule has 3 N–H and O–H groups in total. The summed E-state index contributed by atoms with van der Waals surface area (Å²) in [6.45, 7) is 9.12. The molecule has 0 radical (unpaired) electrons. The number of aryl methyl sites for hydroxylation is 1. The molecule has 1 saturated carbocycles. The van der Waals surface area contributed by atoms with Gasteiger partial charge < -0.3 is 35.1 Å². The highest BCUT2D eigenvalue weighted by Gasteiger charge is 2.52. The number of nitriles is 2. The Morgan fingerprint density at radius 3 is 2.60 bits per heavy atom. The first-order valence-electron chi connectivity index (χ1n) is 15.4. The van der Waals surface area contributed by atoms with E-state index in [2.05, 4.69) is 32.2 Å². The van der Waals surface area contributed by atoms with E-state index in [1.807, 2.05) is 0 Å². The van der Waals surface area contributed by atoms with Gasteiger partial charge in [-0.15, -0.1) is 11.3 Å². The fourth-order valence-corrected chi connectivity index (χ4v) is 8.84. The summed E-state index contributed by atoms with van der Waals surface area (Å²) in [6, 6.07) is 5.41. The van der Waals surface area contributed by atoms with Crippen molar-refractivity contribution in [2.75, 3.05) is 94.4 Å². The SMILES string of the molecule is N#Cc1c(N2CC3(CCc4sc(N)c(C#N)c43)C2)nc(OCC2(CN3CCOCC3)CC2)nc1N1CC2COCC1CN2. The number of nitrogen functional groups attached to an aromatic ring is 1. The molecule has 2 aromatic rings. The molecule has 2 unspecified atom stereocenters. The molecule has 226 valence electrons. The Bertz CT molecular complexity index is 1500. The summed E-state index contributed by atoms with van der Waals surface area (Å²) in [5.74, 6) is 1.25. The summed E-state index contributed by atoms with van der Waals surface area (Å²) in [5.41, 5.74) is 8.43. The topological polar surface area (TPSA) is 149 Å². The predicted molar refractivity (Wildman–Crippen MR) is 161 cm³/mol. The van der Waals surface area contributed by atoms with E-state index in [-0.39, 0.29) is 22.9 Å². The van der Waals surface area contributed by atoms with Crippen molar-refractivity contribution < 1.29 is 14.2 Å². The summed E-state index contributed by atoms with van der Waals surface area (Å²) < 4.78 is 17.9. The van der Waals surface area contributed by atoms with E-state index >= 15 is 0 Å². The van der Waals surface area contributed by atoms with Gasteiger partial charge in [0.2, 0.25) is 0 Å². The zero-order valence-electron chi connectivity index (χ0n) is 24.3. The van der Waals surface area contributed by atoms with Crippen LogP contribution in [0.1, 0.15) is 40.8 Å². The van der Waals surface area contributed by atoms with E-state index in [1.165, 1.54) is 4.88 Å². The summed E-state index contributed by atoms with van der Waals surface area (Å²) in [6.07, 6.45) is 4.16. The number of piperazine rings is 1. The molecule has 13 heteroatoms. The molecule has 2 bridgehead atoms. The number of nitrogens with zero attached hydrogens (tertiary/aromatic N) is 7. The molecule has 2 aromatic heterocycles. The molecule has 2 aliphatic carbocycles. The standard InChI is InChI=1S/C30H37N9O3S/c31-9-21-24-23(43-25(21)33)1-2-30(24)16-38(17-30)26-22(10-32)27(39-12-19-13-41-14-20(39)11-34-19)36-28(35-26)42-18-29(3-4-29)15-37-5-7-40-8-6-37/h19-20,34H,1-8,11-18,33H2. The van der Waals surface area contributed by atoms with Crippen molar-refractivity contribution in [1.82, 2.24) is 20.2 Å². The number of thiophene rings is 1. The van der Waals surface area contributed by atoms with Crippen LogP contribution in [0.5, 0.6) is 6.01 Å². The van der Waals surface area contributed by atoms with Crippen LogP contribution < -0.4 is 25.6 Å². The minimum absolute atomic E-state index is 0.0737. The number of nitrogens with two attached hydrogens (primary N) is 1. The van der Waals surface area contributed by atoms with Gasteiger partial charge in [-0.25, -0.2) is 0 Å². The quantitative estimate of drug-likeness (QED) is 0.469. The molecule has 43 heavy (non-hydrogen) atoms. The molecule has 6 fully saturated rings. The number of nitrogens with one attached hydrogen (secondary N) is 1. The number of rotatable bonds is 7. The zero-order valence-corrected chi connectivity index (χ0v) is 25.1. The molecule has 7 aliphatic rings. The first-order valence-corrected chi connectivity index (χ1v) is 16.2. The van der Waals surface area contributed by atoms with Gasteiger partial charge in [-0.1, -0.05) is 0 Å². The highest BCUT2D eigenvalue weighted by molar-refractivity contribution is 7.16. The fraction of sp³-hybridized carbons (Fsp3) is 0.667. The lowest BCUT2D eigenvalue weighted by atomic mass is 9.74. The Balaban J connectivity index is 1.10. The summed E-state index contributed by atoms with van der Waals surface area (Å²) in [4.78, 5) is 17.9. The highest BCUT2D eigenvalue weighted by atomic mass is 32.1. The van der Waals surface area contributed by atoms with Crippen LogP contribution in [0.25, 0.3) is 0 Å².